The van der Waals surface area contributed by atoms with Crippen LogP contribution in [-0.4, -0.2) is 34.7 Å². The molecular formula is C15H22N6O2. The molecule has 0 saturated carbocycles. The molecule has 1 N–H and O–H groups in total. The van der Waals surface area contributed by atoms with Crippen molar-refractivity contribution in [2.24, 2.45) is 5.28 Å². The smallest absolute Gasteiger partial charge is 0.233 e. The van der Waals surface area contributed by atoms with Crippen LogP contribution in [0.5, 0.6) is 0 Å². The van der Waals surface area contributed by atoms with Crippen molar-refractivity contribution in [2.75, 3.05) is 18.0 Å². The fourth-order valence-corrected chi connectivity index (χ4v) is 2.26. The Morgan fingerprint density at radius 3 is 2.78 bits per heavy atom. The molecule has 0 amide bonds. The van der Waals surface area contributed by atoms with Crippen LogP contribution in [0.15, 0.2) is 23.6 Å². The standard InChI is InChI=1S/C15H22N6O2/c1-15(2,3)18-21(22)19-23-13-6-9-20(10-7-13)14-11-12(16-4)5-8-17-14/h5,8,11,13H,6-7,9-10H2,1-3H3,(H,18,19). The number of hydrogen-bond donors (Lipinski definition) is 1. The number of piperidine rings is 1. The van der Waals surface area contributed by atoms with E-state index in [1.54, 1.807) is 18.3 Å². The molecule has 2 heterocycles. The molecule has 8 nitrogen and oxygen atoms in total. The van der Waals surface area contributed by atoms with Gasteiger partial charge in [0.2, 0.25) is 5.28 Å². The molecule has 1 aliphatic rings. The van der Waals surface area contributed by atoms with Crippen molar-refractivity contribution in [3.05, 3.63) is 35.0 Å². The summed E-state index contributed by atoms with van der Waals surface area (Å²) in [5, 5.41) is 15.1. The molecule has 0 atom stereocenters. The molecule has 1 aliphatic heterocycles. The highest BCUT2D eigenvalue weighted by Gasteiger charge is 2.23. The van der Waals surface area contributed by atoms with Crippen LogP contribution in [0, 0.1) is 11.8 Å². The summed E-state index contributed by atoms with van der Waals surface area (Å²) in [6.07, 6.45) is 3.05. The number of nitrogens with one attached hydrogen (secondary N) is 1. The minimum absolute atomic E-state index is 0.0893. The summed E-state index contributed by atoms with van der Waals surface area (Å²) in [5.74, 6) is 0.800. The van der Waals surface area contributed by atoms with Gasteiger partial charge >= 0.3 is 0 Å². The van der Waals surface area contributed by atoms with Gasteiger partial charge in [-0.25, -0.2) is 9.83 Å². The molecule has 0 aromatic carbocycles. The normalized spacial score (nSPS) is 16.8. The molecule has 0 spiro atoms. The van der Waals surface area contributed by atoms with E-state index in [1.165, 1.54) is 0 Å². The highest BCUT2D eigenvalue weighted by atomic mass is 16.7. The second-order valence-electron chi connectivity index (χ2n) is 6.49. The predicted molar refractivity (Wildman–Crippen MR) is 85.8 cm³/mol. The lowest BCUT2D eigenvalue weighted by atomic mass is 10.1. The van der Waals surface area contributed by atoms with Crippen LogP contribution in [0.25, 0.3) is 4.85 Å². The van der Waals surface area contributed by atoms with Crippen LogP contribution in [0.1, 0.15) is 33.6 Å². The fourth-order valence-electron chi connectivity index (χ4n) is 2.26. The van der Waals surface area contributed by atoms with Gasteiger partial charge in [0.15, 0.2) is 5.69 Å². The van der Waals surface area contributed by atoms with Crippen molar-refractivity contribution < 1.29 is 9.81 Å². The van der Waals surface area contributed by atoms with E-state index in [9.17, 15) is 5.21 Å². The third kappa shape index (κ3) is 5.29. The zero-order chi connectivity index (χ0) is 16.9. The van der Waals surface area contributed by atoms with Crippen molar-refractivity contribution in [1.29, 1.82) is 0 Å². The van der Waals surface area contributed by atoms with Gasteiger partial charge in [-0.3, -0.25) is 0 Å². The third-order valence-electron chi connectivity index (χ3n) is 3.33. The van der Waals surface area contributed by atoms with E-state index in [2.05, 4.69) is 25.4 Å². The van der Waals surface area contributed by atoms with E-state index in [1.807, 2.05) is 20.8 Å². The summed E-state index contributed by atoms with van der Waals surface area (Å²) in [4.78, 5) is 15.5. The average Bonchev–Trinajstić information content (AvgIpc) is 2.52. The molecular weight excluding hydrogens is 296 g/mol. The lowest BCUT2D eigenvalue weighted by molar-refractivity contribution is -0.626. The first kappa shape index (κ1) is 16.8. The van der Waals surface area contributed by atoms with Crippen LogP contribution in [0.4, 0.5) is 11.5 Å². The number of pyridine rings is 1. The van der Waals surface area contributed by atoms with Crippen LogP contribution < -0.4 is 10.3 Å². The Morgan fingerprint density at radius 2 is 2.17 bits per heavy atom. The minimum Gasteiger partial charge on any atom is -0.569 e. The number of hydrazine groups is 1. The van der Waals surface area contributed by atoms with Gasteiger partial charge in [0, 0.05) is 32.1 Å². The number of rotatable bonds is 4. The van der Waals surface area contributed by atoms with Crippen LogP contribution in [0.2, 0.25) is 0 Å². The van der Waals surface area contributed by atoms with E-state index in [-0.39, 0.29) is 11.6 Å². The fraction of sp³-hybridized carbons (Fsp3) is 0.600. The molecule has 8 heteroatoms. The maximum Gasteiger partial charge on any atom is 0.233 e. The zero-order valence-electron chi connectivity index (χ0n) is 13.7. The van der Waals surface area contributed by atoms with Gasteiger partial charge in [-0.15, -0.1) is 0 Å². The van der Waals surface area contributed by atoms with Gasteiger partial charge < -0.3 is 14.9 Å². The molecule has 0 aliphatic carbocycles. The van der Waals surface area contributed by atoms with Gasteiger partial charge in [-0.1, -0.05) is 0 Å². The maximum atomic E-state index is 11.5. The second-order valence-corrected chi connectivity index (χ2v) is 6.49. The second kappa shape index (κ2) is 7.13. The first-order valence-corrected chi connectivity index (χ1v) is 7.58. The topological polar surface area (TPSA) is 80.2 Å². The molecule has 0 unspecified atom stereocenters. The monoisotopic (exact) mass is 318 g/mol. The Kier molecular flexibility index (Phi) is 5.21. The van der Waals surface area contributed by atoms with Crippen LogP contribution in [0.3, 0.4) is 0 Å². The molecule has 1 aromatic rings. The first-order valence-electron chi connectivity index (χ1n) is 7.58. The third-order valence-corrected chi connectivity index (χ3v) is 3.33. The maximum absolute atomic E-state index is 11.5. The summed E-state index contributed by atoms with van der Waals surface area (Å²) >= 11 is 0. The predicted octanol–water partition coefficient (Wildman–Crippen LogP) is 2.80. The lowest BCUT2D eigenvalue weighted by Gasteiger charge is -2.31. The molecule has 1 aromatic heterocycles. The van der Waals surface area contributed by atoms with Crippen molar-refractivity contribution >= 4 is 11.5 Å². The number of aromatic nitrogens is 1. The molecule has 2 rings (SSSR count). The molecule has 0 radical (unpaired) electrons. The number of anilines is 1. The first-order chi connectivity index (χ1) is 10.9. The molecule has 23 heavy (non-hydrogen) atoms. The van der Waals surface area contributed by atoms with Crippen molar-refractivity contribution in [2.45, 2.75) is 45.3 Å². The Morgan fingerprint density at radius 1 is 1.48 bits per heavy atom. The Bertz CT molecular complexity index is 597. The highest BCUT2D eigenvalue weighted by Crippen LogP contribution is 2.23. The molecule has 0 bridgehead atoms. The molecule has 1 fully saturated rings. The van der Waals surface area contributed by atoms with Crippen LogP contribution in [-0.2, 0) is 4.84 Å². The van der Waals surface area contributed by atoms with E-state index in [4.69, 9.17) is 11.4 Å². The largest absolute Gasteiger partial charge is 0.569 e. The summed E-state index contributed by atoms with van der Waals surface area (Å²) < 4.78 is 0. The molecule has 1 saturated heterocycles. The zero-order valence-corrected chi connectivity index (χ0v) is 13.7. The Labute approximate surface area is 136 Å². The Balaban J connectivity index is 1.84. The summed E-state index contributed by atoms with van der Waals surface area (Å²) in [6.45, 7) is 14.2. The van der Waals surface area contributed by atoms with E-state index in [0.717, 1.165) is 31.7 Å². The summed E-state index contributed by atoms with van der Waals surface area (Å²) in [6, 6.07) is 3.47. The molecule has 124 valence electrons. The lowest BCUT2D eigenvalue weighted by Crippen LogP contribution is -2.41. The van der Waals surface area contributed by atoms with E-state index in [0.29, 0.717) is 10.7 Å². The van der Waals surface area contributed by atoms with E-state index >= 15 is 0 Å². The van der Waals surface area contributed by atoms with Crippen molar-refractivity contribution in [1.82, 2.24) is 10.4 Å². The van der Waals surface area contributed by atoms with Gasteiger partial charge in [0.25, 0.3) is 0 Å². The summed E-state index contributed by atoms with van der Waals surface area (Å²) in [5.41, 5.74) is 2.86. The van der Waals surface area contributed by atoms with E-state index < -0.39 is 0 Å². The number of nitrogens with zero attached hydrogens (tertiary/aromatic N) is 5. The van der Waals surface area contributed by atoms with Crippen LogP contribution >= 0.6 is 0 Å². The Hall–Kier alpha value is -2.56. The van der Waals surface area contributed by atoms with Crippen molar-refractivity contribution in [3.63, 3.8) is 0 Å². The van der Waals surface area contributed by atoms with Gasteiger partial charge in [0.1, 0.15) is 11.9 Å². The van der Waals surface area contributed by atoms with Gasteiger partial charge in [-0.2, -0.15) is 5.43 Å². The average molecular weight is 318 g/mol. The minimum atomic E-state index is -0.364. The van der Waals surface area contributed by atoms with Gasteiger partial charge in [0.05, 0.1) is 17.1 Å². The quantitative estimate of drug-likeness (QED) is 0.399. The highest BCUT2D eigenvalue weighted by molar-refractivity contribution is 5.53. The van der Waals surface area contributed by atoms with Gasteiger partial charge in [-0.05, 0) is 32.9 Å². The summed E-state index contributed by atoms with van der Waals surface area (Å²) in [7, 11) is 0. The van der Waals surface area contributed by atoms with Crippen molar-refractivity contribution in [3.8, 4) is 0 Å². The number of hydrogen-bond acceptors (Lipinski definition) is 5. The SMILES string of the molecule is [C-]#[N+]c1ccnc(N2CCC(O/N=[N+](\[O-])NC(C)(C)C)CC2)c1.